The van der Waals surface area contributed by atoms with Gasteiger partial charge >= 0.3 is 0 Å². The number of hydrogen-bond acceptors (Lipinski definition) is 3. The van der Waals surface area contributed by atoms with Gasteiger partial charge in [0.1, 0.15) is 0 Å². The number of benzene rings is 1. The van der Waals surface area contributed by atoms with Crippen LogP contribution in [0.25, 0.3) is 0 Å². The van der Waals surface area contributed by atoms with E-state index in [1.54, 1.807) is 12.1 Å². The van der Waals surface area contributed by atoms with Crippen LogP contribution in [0.1, 0.15) is 18.4 Å². The molecule has 5 heteroatoms. The molecule has 0 aromatic heterocycles. The molecule has 19 heavy (non-hydrogen) atoms. The van der Waals surface area contributed by atoms with E-state index in [1.807, 2.05) is 0 Å². The zero-order valence-corrected chi connectivity index (χ0v) is 10.8. The molecule has 104 valence electrons. The predicted octanol–water partition coefficient (Wildman–Crippen LogP) is 1.23. The first-order chi connectivity index (χ1) is 9.20. The molecule has 1 amide bonds. The van der Waals surface area contributed by atoms with Crippen LogP contribution in [0.15, 0.2) is 18.2 Å². The summed E-state index contributed by atoms with van der Waals surface area (Å²) in [6.45, 7) is 0.939. The lowest BCUT2D eigenvalue weighted by Gasteiger charge is -2.12. The molecule has 1 aromatic carbocycles. The Kier molecular flexibility index (Phi) is 4.74. The number of carbonyl (C=O) groups is 1. The predicted molar refractivity (Wildman–Crippen MR) is 70.4 cm³/mol. The zero-order valence-electron chi connectivity index (χ0n) is 10.8. The van der Waals surface area contributed by atoms with Crippen molar-refractivity contribution in [1.29, 1.82) is 0 Å². The van der Waals surface area contributed by atoms with Crippen LogP contribution in [-0.4, -0.2) is 25.6 Å². The van der Waals surface area contributed by atoms with Crippen molar-refractivity contribution in [1.82, 2.24) is 5.32 Å². The minimum absolute atomic E-state index is 0.134. The number of carbonyl (C=O) groups excluding carboxylic acids is 1. The van der Waals surface area contributed by atoms with Crippen LogP contribution >= 0.6 is 0 Å². The maximum atomic E-state index is 13.7. The zero-order chi connectivity index (χ0) is 13.7. The Morgan fingerprint density at radius 3 is 2.95 bits per heavy atom. The number of hydrogen-bond donors (Lipinski definition) is 2. The third-order valence-corrected chi connectivity index (χ3v) is 3.09. The molecule has 0 spiro atoms. The summed E-state index contributed by atoms with van der Waals surface area (Å²) in [7, 11) is 0. The van der Waals surface area contributed by atoms with Crippen LogP contribution in [0, 0.1) is 11.7 Å². The molecule has 3 N–H and O–H groups in total. The Bertz CT molecular complexity index is 447. The molecule has 4 nitrogen and oxygen atoms in total. The van der Waals surface area contributed by atoms with Crippen molar-refractivity contribution in [2.75, 3.05) is 19.7 Å². The molecular formula is C14H19FN2O2. The van der Waals surface area contributed by atoms with E-state index in [-0.39, 0.29) is 18.3 Å². The Morgan fingerprint density at radius 1 is 1.47 bits per heavy atom. The van der Waals surface area contributed by atoms with E-state index in [1.165, 1.54) is 18.9 Å². The molecule has 1 aromatic rings. The van der Waals surface area contributed by atoms with Gasteiger partial charge in [-0.05, 0) is 43.4 Å². The fourth-order valence-corrected chi connectivity index (χ4v) is 1.84. The lowest BCUT2D eigenvalue weighted by atomic mass is 10.1. The fraction of sp³-hybridized carbons (Fsp3) is 0.500. The van der Waals surface area contributed by atoms with E-state index in [2.05, 4.69) is 5.32 Å². The molecule has 1 saturated carbocycles. The Morgan fingerprint density at radius 2 is 2.26 bits per heavy atom. The van der Waals surface area contributed by atoms with Gasteiger partial charge < -0.3 is 15.8 Å². The second-order valence-corrected chi connectivity index (χ2v) is 4.80. The molecule has 2 rings (SSSR count). The van der Waals surface area contributed by atoms with Crippen molar-refractivity contribution in [2.45, 2.75) is 19.3 Å². The van der Waals surface area contributed by atoms with Gasteiger partial charge in [0.05, 0.1) is 0 Å². The fourth-order valence-electron chi connectivity index (χ4n) is 1.84. The Hall–Kier alpha value is -1.62. The molecule has 0 radical (unpaired) electrons. The summed E-state index contributed by atoms with van der Waals surface area (Å²) in [5, 5.41) is 2.77. The van der Waals surface area contributed by atoms with Crippen molar-refractivity contribution in [2.24, 2.45) is 11.7 Å². The number of amides is 1. The third-order valence-electron chi connectivity index (χ3n) is 3.09. The smallest absolute Gasteiger partial charge is 0.257 e. The number of nitrogens with one attached hydrogen (secondary N) is 1. The monoisotopic (exact) mass is 266 g/mol. The van der Waals surface area contributed by atoms with E-state index in [0.717, 1.165) is 0 Å². The molecule has 0 bridgehead atoms. The van der Waals surface area contributed by atoms with E-state index in [9.17, 15) is 9.18 Å². The van der Waals surface area contributed by atoms with Gasteiger partial charge in [0.2, 0.25) is 0 Å². The van der Waals surface area contributed by atoms with Gasteiger partial charge in [-0.1, -0.05) is 12.1 Å². The van der Waals surface area contributed by atoms with Gasteiger partial charge in [0.15, 0.2) is 18.2 Å². The van der Waals surface area contributed by atoms with Crippen molar-refractivity contribution < 1.29 is 13.9 Å². The topological polar surface area (TPSA) is 64.3 Å². The second kappa shape index (κ2) is 6.52. The highest BCUT2D eigenvalue weighted by Gasteiger charge is 2.21. The van der Waals surface area contributed by atoms with Gasteiger partial charge in [-0.15, -0.1) is 0 Å². The summed E-state index contributed by atoms with van der Waals surface area (Å²) in [6.07, 6.45) is 2.88. The number of halogens is 1. The summed E-state index contributed by atoms with van der Waals surface area (Å²) in [4.78, 5) is 11.5. The number of para-hydroxylation sites is 1. The average Bonchev–Trinajstić information content (AvgIpc) is 3.20. The second-order valence-electron chi connectivity index (χ2n) is 4.80. The minimum Gasteiger partial charge on any atom is -0.480 e. The quantitative estimate of drug-likeness (QED) is 0.780. The first kappa shape index (κ1) is 13.8. The minimum atomic E-state index is -0.457. The van der Waals surface area contributed by atoms with Gasteiger partial charge in [0.25, 0.3) is 5.91 Å². The van der Waals surface area contributed by atoms with Crippen LogP contribution < -0.4 is 15.8 Å². The summed E-state index contributed by atoms with van der Waals surface area (Å²) in [5.41, 5.74) is 6.16. The van der Waals surface area contributed by atoms with Gasteiger partial charge in [-0.2, -0.15) is 0 Å². The van der Waals surface area contributed by atoms with Crippen LogP contribution in [0.5, 0.6) is 5.75 Å². The van der Waals surface area contributed by atoms with Gasteiger partial charge in [0, 0.05) is 6.54 Å². The highest BCUT2D eigenvalue weighted by atomic mass is 19.1. The first-order valence-electron chi connectivity index (χ1n) is 6.57. The van der Waals surface area contributed by atoms with Crippen LogP contribution in [-0.2, 0) is 11.2 Å². The SMILES string of the molecule is NCCc1cccc(F)c1OCC(=O)NCC1CC1. The standard InChI is InChI=1S/C14H19FN2O2/c15-12-3-1-2-11(6-7-16)14(12)19-9-13(18)17-8-10-4-5-10/h1-3,10H,4-9,16H2,(H,17,18). The normalized spacial score (nSPS) is 14.2. The highest BCUT2D eigenvalue weighted by Crippen LogP contribution is 2.27. The molecule has 0 unspecified atom stereocenters. The molecule has 1 fully saturated rings. The average molecular weight is 266 g/mol. The number of ether oxygens (including phenoxy) is 1. The molecular weight excluding hydrogens is 247 g/mol. The lowest BCUT2D eigenvalue weighted by Crippen LogP contribution is -2.30. The van der Waals surface area contributed by atoms with Gasteiger partial charge in [-0.3, -0.25) is 4.79 Å². The van der Waals surface area contributed by atoms with Crippen LogP contribution in [0.2, 0.25) is 0 Å². The molecule has 0 atom stereocenters. The first-order valence-corrected chi connectivity index (χ1v) is 6.57. The molecule has 0 aliphatic heterocycles. The van der Waals surface area contributed by atoms with Crippen molar-refractivity contribution in [3.8, 4) is 5.75 Å². The molecule has 1 aliphatic carbocycles. The lowest BCUT2D eigenvalue weighted by molar-refractivity contribution is -0.123. The van der Waals surface area contributed by atoms with E-state index in [4.69, 9.17) is 10.5 Å². The largest absolute Gasteiger partial charge is 0.480 e. The van der Waals surface area contributed by atoms with E-state index >= 15 is 0 Å². The molecule has 1 aliphatic rings. The highest BCUT2D eigenvalue weighted by molar-refractivity contribution is 5.77. The maximum absolute atomic E-state index is 13.7. The molecule has 0 saturated heterocycles. The summed E-state index contributed by atoms with van der Waals surface area (Å²) in [5.74, 6) is 0.0783. The Labute approximate surface area is 112 Å². The van der Waals surface area contributed by atoms with Crippen LogP contribution in [0.4, 0.5) is 4.39 Å². The maximum Gasteiger partial charge on any atom is 0.257 e. The van der Waals surface area contributed by atoms with Crippen LogP contribution in [0.3, 0.4) is 0 Å². The Balaban J connectivity index is 1.88. The number of rotatable bonds is 7. The van der Waals surface area contributed by atoms with Crippen molar-refractivity contribution in [3.63, 3.8) is 0 Å². The van der Waals surface area contributed by atoms with Crippen molar-refractivity contribution in [3.05, 3.63) is 29.6 Å². The van der Waals surface area contributed by atoms with Gasteiger partial charge in [-0.25, -0.2) is 4.39 Å². The summed E-state index contributed by atoms with van der Waals surface area (Å²) >= 11 is 0. The molecule has 0 heterocycles. The summed E-state index contributed by atoms with van der Waals surface area (Å²) in [6, 6.07) is 4.69. The van der Waals surface area contributed by atoms with E-state index in [0.29, 0.717) is 31.0 Å². The van der Waals surface area contributed by atoms with Crippen molar-refractivity contribution >= 4 is 5.91 Å². The summed E-state index contributed by atoms with van der Waals surface area (Å²) < 4.78 is 18.9. The number of nitrogens with two attached hydrogens (primary N) is 1. The van der Waals surface area contributed by atoms with E-state index < -0.39 is 5.82 Å². The third kappa shape index (κ3) is 4.21.